The molecule has 0 fully saturated rings. The van der Waals surface area contributed by atoms with E-state index in [0.717, 1.165) is 60.4 Å². The molecule has 218 valence electrons. The van der Waals surface area contributed by atoms with Crippen LogP contribution in [0.4, 0.5) is 11.4 Å². The van der Waals surface area contributed by atoms with E-state index in [4.69, 9.17) is 13.1 Å². The number of fused-ring (bicyclic) bond motifs is 7. The lowest BCUT2D eigenvalue weighted by Gasteiger charge is -2.18. The number of hydrogen-bond acceptors (Lipinski definition) is 0. The first kappa shape index (κ1) is 27.4. The smallest absolute Gasteiger partial charge is 0.202 e. The fourth-order valence-electron chi connectivity index (χ4n) is 7.55. The minimum atomic E-state index is 0.369. The Morgan fingerprint density at radius 2 is 1.00 bits per heavy atom. The Kier molecular flexibility index (Phi) is 6.11. The molecular formula is C42H30N4. The number of hydrogen-bond donors (Lipinski definition) is 0. The van der Waals surface area contributed by atoms with Gasteiger partial charge in [0.2, 0.25) is 5.69 Å². The third kappa shape index (κ3) is 3.71. The Balaban J connectivity index is 1.74. The summed E-state index contributed by atoms with van der Waals surface area (Å²) < 4.78 is 4.85. The quantitative estimate of drug-likeness (QED) is 0.182. The lowest BCUT2D eigenvalue weighted by atomic mass is 9.96. The maximum Gasteiger partial charge on any atom is 0.202 e. The van der Waals surface area contributed by atoms with Gasteiger partial charge in [0.25, 0.3) is 0 Å². The van der Waals surface area contributed by atoms with Gasteiger partial charge in [-0.1, -0.05) is 91.0 Å². The van der Waals surface area contributed by atoms with Crippen molar-refractivity contribution in [3.63, 3.8) is 0 Å². The molecule has 4 nitrogen and oxygen atoms in total. The maximum atomic E-state index is 8.21. The standard InChI is InChI=1S/C42H30N4/c1-25-14-11-15-26(2)39(25)45-35-22-9-7-18-29(35)32-24-33(30-20-13-21-34(43-5)38(30)44-6)42-37(41(32)45)31-19-8-10-23-36(31)46(42)40-27(3)16-12-17-28(40)4/h7-24H,1-4H3. The number of aromatic nitrogens is 2. The van der Waals surface area contributed by atoms with Gasteiger partial charge in [0.1, 0.15) is 0 Å². The van der Waals surface area contributed by atoms with Gasteiger partial charge in [-0.15, -0.1) is 0 Å². The summed E-state index contributed by atoms with van der Waals surface area (Å²) in [7, 11) is 0. The van der Waals surface area contributed by atoms with Crippen molar-refractivity contribution in [1.82, 2.24) is 9.13 Å². The van der Waals surface area contributed by atoms with E-state index in [1.807, 2.05) is 12.1 Å². The van der Waals surface area contributed by atoms with Crippen LogP contribution in [-0.4, -0.2) is 9.13 Å². The molecule has 0 aliphatic rings. The van der Waals surface area contributed by atoms with Crippen molar-refractivity contribution >= 4 is 55.0 Å². The highest BCUT2D eigenvalue weighted by atomic mass is 15.0. The van der Waals surface area contributed by atoms with Crippen molar-refractivity contribution < 1.29 is 0 Å². The number of nitrogens with zero attached hydrogens (tertiary/aromatic N) is 4. The molecule has 0 bridgehead atoms. The number of rotatable bonds is 3. The summed E-state index contributed by atoms with van der Waals surface area (Å²) in [4.78, 5) is 7.72. The summed E-state index contributed by atoms with van der Waals surface area (Å²) in [6.07, 6.45) is 0. The highest BCUT2D eigenvalue weighted by Gasteiger charge is 2.27. The van der Waals surface area contributed by atoms with E-state index < -0.39 is 0 Å². The van der Waals surface area contributed by atoms with Gasteiger partial charge >= 0.3 is 0 Å². The molecule has 0 radical (unpaired) electrons. The zero-order chi connectivity index (χ0) is 31.7. The molecule has 0 unspecified atom stereocenters. The van der Waals surface area contributed by atoms with Gasteiger partial charge in [0.05, 0.1) is 46.6 Å². The van der Waals surface area contributed by atoms with Gasteiger partial charge in [-0.25, -0.2) is 4.85 Å². The van der Waals surface area contributed by atoms with E-state index in [2.05, 4.69) is 138 Å². The predicted octanol–water partition coefficient (Wildman–Crippen LogP) is 11.9. The normalized spacial score (nSPS) is 11.4. The first-order valence-electron chi connectivity index (χ1n) is 15.5. The van der Waals surface area contributed by atoms with Crippen LogP contribution in [0.1, 0.15) is 22.3 Å². The van der Waals surface area contributed by atoms with Gasteiger partial charge in [-0.2, -0.15) is 0 Å². The second-order valence-electron chi connectivity index (χ2n) is 12.1. The second kappa shape index (κ2) is 10.2. The highest BCUT2D eigenvalue weighted by Crippen LogP contribution is 2.49. The first-order valence-corrected chi connectivity index (χ1v) is 15.5. The molecule has 2 heterocycles. The van der Waals surface area contributed by atoms with E-state index in [1.54, 1.807) is 6.07 Å². The molecule has 0 N–H and O–H groups in total. The summed E-state index contributed by atoms with van der Waals surface area (Å²) in [5.74, 6) is 0. The van der Waals surface area contributed by atoms with Crippen molar-refractivity contribution in [2.75, 3.05) is 0 Å². The van der Waals surface area contributed by atoms with Crippen molar-refractivity contribution in [3.05, 3.63) is 154 Å². The van der Waals surface area contributed by atoms with E-state index in [-0.39, 0.29) is 0 Å². The van der Waals surface area contributed by atoms with Gasteiger partial charge in [-0.3, -0.25) is 4.85 Å². The van der Waals surface area contributed by atoms with Crippen molar-refractivity contribution in [2.24, 2.45) is 0 Å². The van der Waals surface area contributed by atoms with Crippen LogP contribution in [0, 0.1) is 40.8 Å². The zero-order valence-corrected chi connectivity index (χ0v) is 26.2. The average molecular weight is 591 g/mol. The van der Waals surface area contributed by atoms with Crippen molar-refractivity contribution in [1.29, 1.82) is 0 Å². The van der Waals surface area contributed by atoms with E-state index in [1.165, 1.54) is 27.9 Å². The monoisotopic (exact) mass is 590 g/mol. The van der Waals surface area contributed by atoms with Crippen LogP contribution in [0.3, 0.4) is 0 Å². The van der Waals surface area contributed by atoms with Crippen LogP contribution in [-0.2, 0) is 0 Å². The molecule has 0 aliphatic carbocycles. The molecule has 0 spiro atoms. The summed E-state index contributed by atoms with van der Waals surface area (Å²) in [6, 6.07) is 38.1. The molecule has 2 aromatic heterocycles. The lowest BCUT2D eigenvalue weighted by molar-refractivity contribution is 1.12. The fraction of sp³-hybridized carbons (Fsp3) is 0.0952. The number of benzene rings is 6. The summed E-state index contributed by atoms with van der Waals surface area (Å²) >= 11 is 0. The van der Waals surface area contributed by atoms with Crippen molar-refractivity contribution in [3.8, 4) is 22.5 Å². The third-order valence-corrected chi connectivity index (χ3v) is 9.43. The molecule has 0 aliphatic heterocycles. The summed E-state index contributed by atoms with van der Waals surface area (Å²) in [5, 5.41) is 4.55. The minimum Gasteiger partial charge on any atom is -0.308 e. The molecule has 8 rings (SSSR count). The van der Waals surface area contributed by atoms with Crippen LogP contribution in [0.15, 0.2) is 109 Å². The van der Waals surface area contributed by atoms with Crippen molar-refractivity contribution in [2.45, 2.75) is 27.7 Å². The van der Waals surface area contributed by atoms with E-state index >= 15 is 0 Å². The van der Waals surface area contributed by atoms with E-state index in [0.29, 0.717) is 11.4 Å². The largest absolute Gasteiger partial charge is 0.308 e. The molecule has 0 amide bonds. The Morgan fingerprint density at radius 3 is 1.59 bits per heavy atom. The van der Waals surface area contributed by atoms with Crippen LogP contribution >= 0.6 is 0 Å². The Hall–Kier alpha value is -6.10. The zero-order valence-electron chi connectivity index (χ0n) is 26.2. The lowest BCUT2D eigenvalue weighted by Crippen LogP contribution is -2.02. The summed E-state index contributed by atoms with van der Waals surface area (Å²) in [6.45, 7) is 24.8. The van der Waals surface area contributed by atoms with Crippen LogP contribution < -0.4 is 0 Å². The van der Waals surface area contributed by atoms with Gasteiger partial charge < -0.3 is 9.13 Å². The topological polar surface area (TPSA) is 18.6 Å². The minimum absolute atomic E-state index is 0.369. The molecule has 6 aromatic carbocycles. The van der Waals surface area contributed by atoms with Crippen LogP contribution in [0.25, 0.3) is 75.8 Å². The maximum absolute atomic E-state index is 8.21. The van der Waals surface area contributed by atoms with Gasteiger partial charge in [0.15, 0.2) is 5.69 Å². The Labute approximate surface area is 268 Å². The highest BCUT2D eigenvalue weighted by molar-refractivity contribution is 6.29. The van der Waals surface area contributed by atoms with Gasteiger partial charge in [-0.05, 0) is 79.3 Å². The predicted molar refractivity (Wildman–Crippen MR) is 192 cm³/mol. The Bertz CT molecular complexity index is 2610. The molecular weight excluding hydrogens is 560 g/mol. The van der Waals surface area contributed by atoms with E-state index in [9.17, 15) is 0 Å². The first-order chi connectivity index (χ1) is 22.4. The number of aryl methyl sites for hydroxylation is 4. The Morgan fingerprint density at radius 1 is 0.478 bits per heavy atom. The third-order valence-electron chi connectivity index (χ3n) is 9.43. The molecule has 4 heteroatoms. The molecule has 46 heavy (non-hydrogen) atoms. The fourth-order valence-corrected chi connectivity index (χ4v) is 7.55. The number of para-hydroxylation sites is 5. The summed E-state index contributed by atoms with van der Waals surface area (Å²) in [5.41, 5.74) is 14.0. The SMILES string of the molecule is [C-]#[N+]c1cccc(-c2cc3c4ccccc4n(-c4c(C)cccc4C)c3c3c4ccccc4n(-c4c(C)cccc4C)c23)c1[N+]#[C-]. The molecule has 0 atom stereocenters. The molecule has 0 saturated heterocycles. The average Bonchev–Trinajstić information content (AvgIpc) is 3.57. The van der Waals surface area contributed by atoms with Gasteiger partial charge in [0, 0.05) is 21.5 Å². The second-order valence-corrected chi connectivity index (χ2v) is 12.1. The van der Waals surface area contributed by atoms with Crippen LogP contribution in [0.2, 0.25) is 0 Å². The van der Waals surface area contributed by atoms with Crippen LogP contribution in [0.5, 0.6) is 0 Å². The molecule has 0 saturated carbocycles. The molecule has 8 aromatic rings.